The number of halogens is 3. The first kappa shape index (κ1) is 28.6. The first-order valence-electron chi connectivity index (χ1n) is 12.1. The Balaban J connectivity index is 1.67. The molecule has 0 radical (unpaired) electrons. The van der Waals surface area contributed by atoms with Gasteiger partial charge in [-0.15, -0.1) is 0 Å². The molecule has 0 unspecified atom stereocenters. The summed E-state index contributed by atoms with van der Waals surface area (Å²) >= 11 is 12.4. The summed E-state index contributed by atoms with van der Waals surface area (Å²) < 4.78 is 52.1. The van der Waals surface area contributed by atoms with E-state index in [4.69, 9.17) is 33.0 Å². The predicted molar refractivity (Wildman–Crippen MR) is 156 cm³/mol. The maximum absolute atomic E-state index is 16.2. The fraction of sp³-hybridized carbons (Fsp3) is 0.148. The van der Waals surface area contributed by atoms with E-state index in [2.05, 4.69) is 25.0 Å². The van der Waals surface area contributed by atoms with Crippen molar-refractivity contribution in [3.05, 3.63) is 82.4 Å². The van der Waals surface area contributed by atoms with Crippen molar-refractivity contribution < 1.29 is 22.7 Å². The van der Waals surface area contributed by atoms with Crippen molar-refractivity contribution in [3.8, 4) is 28.4 Å². The highest BCUT2D eigenvalue weighted by atomic mass is 35.5. The number of aryl methyl sites for hydroxylation is 1. The van der Waals surface area contributed by atoms with Crippen LogP contribution in [-0.2, 0) is 10.0 Å². The smallest absolute Gasteiger partial charge is 0.264 e. The number of ether oxygens (including phenoxy) is 1. The Morgan fingerprint density at radius 3 is 2.68 bits per heavy atom. The number of aromatic nitrogens is 4. The third kappa shape index (κ3) is 5.51. The number of methoxy groups -OCH3 is 1. The first-order chi connectivity index (χ1) is 19.6. The number of sulfonamides is 1. The Labute approximate surface area is 244 Å². The Bertz CT molecular complexity index is 1880. The van der Waals surface area contributed by atoms with Gasteiger partial charge in [-0.2, -0.15) is 0 Å². The molecular formula is C27H23Cl2FN6O4S. The molecule has 0 atom stereocenters. The second-order valence-electron chi connectivity index (χ2n) is 8.80. The molecule has 3 N–H and O–H groups in total. The molecule has 5 rings (SSSR count). The number of nitrogens with zero attached hydrogens (tertiary/aromatic N) is 4. The van der Waals surface area contributed by atoms with E-state index >= 15 is 4.39 Å². The van der Waals surface area contributed by atoms with Crippen molar-refractivity contribution in [1.29, 1.82) is 0 Å². The fourth-order valence-electron chi connectivity index (χ4n) is 4.20. The van der Waals surface area contributed by atoms with Gasteiger partial charge >= 0.3 is 0 Å². The van der Waals surface area contributed by atoms with Gasteiger partial charge in [-0.25, -0.2) is 27.8 Å². The van der Waals surface area contributed by atoms with Crippen LogP contribution in [0.3, 0.4) is 0 Å². The quantitative estimate of drug-likeness (QED) is 0.200. The average molecular weight is 617 g/mol. The maximum Gasteiger partial charge on any atom is 0.264 e. The van der Waals surface area contributed by atoms with Crippen LogP contribution in [0.5, 0.6) is 5.75 Å². The molecule has 0 aliphatic heterocycles. The van der Waals surface area contributed by atoms with Gasteiger partial charge in [0.1, 0.15) is 22.0 Å². The first-order valence-corrected chi connectivity index (χ1v) is 14.4. The summed E-state index contributed by atoms with van der Waals surface area (Å²) in [6.45, 7) is 1.74. The minimum atomic E-state index is -4.37. The number of hydrogen-bond donors (Lipinski definition) is 3. The summed E-state index contributed by atoms with van der Waals surface area (Å²) in [5, 5.41) is 11.9. The number of hydrogen-bond acceptors (Lipinski definition) is 8. The van der Waals surface area contributed by atoms with Gasteiger partial charge in [0.25, 0.3) is 10.0 Å². The Morgan fingerprint density at radius 1 is 1.12 bits per heavy atom. The van der Waals surface area contributed by atoms with Gasteiger partial charge < -0.3 is 15.2 Å². The van der Waals surface area contributed by atoms with Gasteiger partial charge in [0.05, 0.1) is 40.8 Å². The van der Waals surface area contributed by atoms with E-state index in [9.17, 15) is 8.42 Å². The highest BCUT2D eigenvalue weighted by Crippen LogP contribution is 2.38. The standard InChI is InChI=1S/C27H23Cl2FN6O4S/c1-15-6-7-18(28)26(22(15)29)41(38,39)35-19-5-3-4-17(23(19)30)24-25(20-8-10-31-27(33-20)32-11-13-37)36-12-9-16(40-2)14-21(36)34-24/h3-10,12,14,35,37H,11,13H2,1-2H3,(H,31,32,33). The summed E-state index contributed by atoms with van der Waals surface area (Å²) in [4.78, 5) is 13.0. The van der Waals surface area contributed by atoms with Crippen LogP contribution in [0.4, 0.5) is 16.0 Å². The second kappa shape index (κ2) is 11.5. The zero-order valence-corrected chi connectivity index (χ0v) is 24.0. The minimum Gasteiger partial charge on any atom is -0.497 e. The van der Waals surface area contributed by atoms with Gasteiger partial charge in [-0.1, -0.05) is 35.3 Å². The van der Waals surface area contributed by atoms with E-state index in [1.807, 2.05) is 0 Å². The molecule has 212 valence electrons. The van der Waals surface area contributed by atoms with Crippen LogP contribution in [0.2, 0.25) is 10.0 Å². The van der Waals surface area contributed by atoms with Crippen LogP contribution in [-0.4, -0.2) is 53.1 Å². The largest absolute Gasteiger partial charge is 0.497 e. The van der Waals surface area contributed by atoms with Crippen LogP contribution in [0.1, 0.15) is 5.56 Å². The number of anilines is 2. The Hall–Kier alpha value is -3.97. The zero-order chi connectivity index (χ0) is 29.3. The number of imidazole rings is 1. The highest BCUT2D eigenvalue weighted by Gasteiger charge is 2.27. The lowest BCUT2D eigenvalue weighted by Crippen LogP contribution is -2.15. The summed E-state index contributed by atoms with van der Waals surface area (Å²) in [6.07, 6.45) is 3.22. The lowest BCUT2D eigenvalue weighted by atomic mass is 10.1. The van der Waals surface area contributed by atoms with E-state index in [1.54, 1.807) is 41.8 Å². The van der Waals surface area contributed by atoms with Crippen LogP contribution >= 0.6 is 23.2 Å². The molecule has 41 heavy (non-hydrogen) atoms. The third-order valence-electron chi connectivity index (χ3n) is 6.14. The number of aliphatic hydroxyl groups excluding tert-OH is 1. The lowest BCUT2D eigenvalue weighted by Gasteiger charge is -2.14. The highest BCUT2D eigenvalue weighted by molar-refractivity contribution is 7.93. The molecule has 0 amide bonds. The predicted octanol–water partition coefficient (Wildman–Crippen LogP) is 5.43. The summed E-state index contributed by atoms with van der Waals surface area (Å²) in [6, 6.07) is 12.3. The van der Waals surface area contributed by atoms with E-state index in [0.717, 1.165) is 0 Å². The molecule has 3 heterocycles. The SMILES string of the molecule is COc1ccn2c(-c3ccnc(NCCO)n3)c(-c3cccc(NS(=O)(=O)c4c(Cl)ccc(C)c4Cl)c3F)nc2c1. The maximum atomic E-state index is 16.2. The van der Waals surface area contributed by atoms with Crippen molar-refractivity contribution in [2.24, 2.45) is 0 Å². The molecule has 0 bridgehead atoms. The number of pyridine rings is 1. The van der Waals surface area contributed by atoms with E-state index in [1.165, 1.54) is 37.6 Å². The van der Waals surface area contributed by atoms with Crippen LogP contribution in [0.15, 0.2) is 65.8 Å². The molecule has 5 aromatic rings. The number of benzene rings is 2. The van der Waals surface area contributed by atoms with Crippen molar-refractivity contribution in [1.82, 2.24) is 19.4 Å². The molecular weight excluding hydrogens is 594 g/mol. The van der Waals surface area contributed by atoms with Crippen LogP contribution in [0, 0.1) is 12.7 Å². The molecule has 2 aromatic carbocycles. The van der Waals surface area contributed by atoms with Gasteiger partial charge in [0.2, 0.25) is 5.95 Å². The van der Waals surface area contributed by atoms with Crippen LogP contribution in [0.25, 0.3) is 28.3 Å². The minimum absolute atomic E-state index is 0.00721. The third-order valence-corrected chi connectivity index (χ3v) is 8.61. The molecule has 0 saturated carbocycles. The molecule has 10 nitrogen and oxygen atoms in total. The molecule has 0 fully saturated rings. The number of nitrogens with one attached hydrogen (secondary N) is 2. The number of fused-ring (bicyclic) bond motifs is 1. The Morgan fingerprint density at radius 2 is 1.93 bits per heavy atom. The van der Waals surface area contributed by atoms with Gasteiger partial charge in [-0.3, -0.25) is 9.12 Å². The van der Waals surface area contributed by atoms with Crippen molar-refractivity contribution >= 4 is 50.5 Å². The molecule has 0 aliphatic rings. The zero-order valence-electron chi connectivity index (χ0n) is 21.7. The fourth-order valence-corrected chi connectivity index (χ4v) is 6.45. The van der Waals surface area contributed by atoms with Crippen molar-refractivity contribution in [2.75, 3.05) is 30.3 Å². The molecule has 0 aliphatic carbocycles. The topological polar surface area (TPSA) is 131 Å². The second-order valence-corrected chi connectivity index (χ2v) is 11.2. The number of rotatable bonds is 9. The van der Waals surface area contributed by atoms with Gasteiger partial charge in [0.15, 0.2) is 5.82 Å². The number of aliphatic hydroxyl groups is 1. The van der Waals surface area contributed by atoms with Gasteiger partial charge in [0, 0.05) is 30.6 Å². The molecule has 3 aromatic heterocycles. The van der Waals surface area contributed by atoms with Crippen LogP contribution < -0.4 is 14.8 Å². The average Bonchev–Trinajstić information content (AvgIpc) is 3.33. The monoisotopic (exact) mass is 616 g/mol. The lowest BCUT2D eigenvalue weighted by molar-refractivity contribution is 0.311. The van der Waals surface area contributed by atoms with Crippen molar-refractivity contribution in [3.63, 3.8) is 0 Å². The Kier molecular flexibility index (Phi) is 8.00. The van der Waals surface area contributed by atoms with Gasteiger partial charge in [-0.05, 0) is 42.8 Å². The summed E-state index contributed by atoms with van der Waals surface area (Å²) in [5.41, 5.74) is 1.61. The van der Waals surface area contributed by atoms with E-state index in [0.29, 0.717) is 28.3 Å². The molecule has 14 heteroatoms. The molecule has 0 spiro atoms. The van der Waals surface area contributed by atoms with E-state index in [-0.39, 0.29) is 51.0 Å². The summed E-state index contributed by atoms with van der Waals surface area (Å²) in [5.74, 6) is -0.0948. The van der Waals surface area contributed by atoms with E-state index < -0.39 is 15.8 Å². The molecule has 0 saturated heterocycles. The summed E-state index contributed by atoms with van der Waals surface area (Å²) in [7, 11) is -2.86. The normalized spacial score (nSPS) is 11.6. The van der Waals surface area contributed by atoms with Crippen molar-refractivity contribution in [2.45, 2.75) is 11.8 Å².